The number of para-hydroxylation sites is 1. The third-order valence-corrected chi connectivity index (χ3v) is 4.26. The third-order valence-electron chi connectivity index (χ3n) is 4.26. The smallest absolute Gasteiger partial charge is 0.0483 e. The zero-order valence-electron chi connectivity index (χ0n) is 12.9. The zero-order chi connectivity index (χ0) is 14.8. The van der Waals surface area contributed by atoms with Crippen LogP contribution in [0.5, 0.6) is 0 Å². The van der Waals surface area contributed by atoms with Crippen LogP contribution in [0.25, 0.3) is 10.9 Å². The highest BCUT2D eigenvalue weighted by Gasteiger charge is 2.10. The summed E-state index contributed by atoms with van der Waals surface area (Å²) in [6.07, 6.45) is 3.78. The third kappa shape index (κ3) is 2.57. The van der Waals surface area contributed by atoms with Crippen molar-refractivity contribution < 1.29 is 0 Å². The van der Waals surface area contributed by atoms with Crippen LogP contribution in [0.15, 0.2) is 42.7 Å². The topological polar surface area (TPSA) is 29.9 Å². The van der Waals surface area contributed by atoms with Gasteiger partial charge in [-0.2, -0.15) is 0 Å². The Morgan fingerprint density at radius 1 is 1.10 bits per heavy atom. The van der Waals surface area contributed by atoms with Crippen molar-refractivity contribution in [2.45, 2.75) is 26.9 Å². The molecule has 0 aliphatic rings. The second kappa shape index (κ2) is 5.70. The molecule has 0 aliphatic heterocycles. The van der Waals surface area contributed by atoms with Gasteiger partial charge in [0.15, 0.2) is 0 Å². The van der Waals surface area contributed by atoms with Gasteiger partial charge in [-0.3, -0.25) is 4.98 Å². The molecule has 0 atom stereocenters. The van der Waals surface area contributed by atoms with Crippen molar-refractivity contribution in [1.29, 1.82) is 0 Å². The Bertz CT molecular complexity index is 732. The summed E-state index contributed by atoms with van der Waals surface area (Å²) in [6.45, 7) is 6.04. The van der Waals surface area contributed by atoms with E-state index in [2.05, 4.69) is 66.1 Å². The van der Waals surface area contributed by atoms with Gasteiger partial charge in [-0.05, 0) is 42.7 Å². The fourth-order valence-electron chi connectivity index (χ4n) is 2.88. The van der Waals surface area contributed by atoms with Gasteiger partial charge in [-0.1, -0.05) is 18.2 Å². The van der Waals surface area contributed by atoms with E-state index < -0.39 is 0 Å². The molecule has 3 rings (SSSR count). The lowest BCUT2D eigenvalue weighted by Crippen LogP contribution is -2.16. The number of aromatic nitrogens is 2. The Balaban J connectivity index is 1.78. The Labute approximate surface area is 125 Å². The normalized spacial score (nSPS) is 11.2. The number of aryl methyl sites for hydroxylation is 3. The summed E-state index contributed by atoms with van der Waals surface area (Å²) in [7, 11) is 2.14. The largest absolute Gasteiger partial charge is 0.346 e. The highest BCUT2D eigenvalue weighted by Crippen LogP contribution is 2.24. The van der Waals surface area contributed by atoms with Gasteiger partial charge in [-0.15, -0.1) is 0 Å². The lowest BCUT2D eigenvalue weighted by Gasteiger charge is -2.09. The van der Waals surface area contributed by atoms with E-state index >= 15 is 0 Å². The van der Waals surface area contributed by atoms with Crippen molar-refractivity contribution in [3.05, 3.63) is 65.1 Å². The molecular weight excluding hydrogens is 258 g/mol. The van der Waals surface area contributed by atoms with Crippen molar-refractivity contribution in [2.24, 2.45) is 7.05 Å². The molecule has 0 amide bonds. The molecule has 0 fully saturated rings. The molecule has 1 aromatic carbocycles. The first-order valence-electron chi connectivity index (χ1n) is 7.31. The molecule has 0 bridgehead atoms. The van der Waals surface area contributed by atoms with Crippen molar-refractivity contribution >= 4 is 10.9 Å². The molecule has 0 radical (unpaired) electrons. The number of fused-ring (bicyclic) bond motifs is 1. The first-order chi connectivity index (χ1) is 10.2. The Morgan fingerprint density at radius 2 is 1.90 bits per heavy atom. The summed E-state index contributed by atoms with van der Waals surface area (Å²) in [4.78, 5) is 4.20. The van der Waals surface area contributed by atoms with E-state index in [1.165, 1.54) is 33.3 Å². The van der Waals surface area contributed by atoms with E-state index in [0.29, 0.717) is 0 Å². The van der Waals surface area contributed by atoms with Gasteiger partial charge >= 0.3 is 0 Å². The zero-order valence-corrected chi connectivity index (χ0v) is 12.9. The number of hydrogen-bond donors (Lipinski definition) is 1. The molecule has 2 heterocycles. The monoisotopic (exact) mass is 279 g/mol. The first-order valence-corrected chi connectivity index (χ1v) is 7.31. The van der Waals surface area contributed by atoms with Gasteiger partial charge in [0.1, 0.15) is 0 Å². The molecule has 3 aromatic rings. The van der Waals surface area contributed by atoms with Crippen LogP contribution < -0.4 is 5.32 Å². The molecule has 108 valence electrons. The second-order valence-electron chi connectivity index (χ2n) is 5.55. The molecule has 0 saturated heterocycles. The Kier molecular flexibility index (Phi) is 3.76. The van der Waals surface area contributed by atoms with Gasteiger partial charge in [0.05, 0.1) is 0 Å². The van der Waals surface area contributed by atoms with Crippen LogP contribution in [-0.2, 0) is 20.1 Å². The van der Waals surface area contributed by atoms with Crippen molar-refractivity contribution in [3.8, 4) is 0 Å². The molecular formula is C18H21N3. The molecule has 0 saturated carbocycles. The molecule has 0 aliphatic carbocycles. The average molecular weight is 279 g/mol. The van der Waals surface area contributed by atoms with Gasteiger partial charge in [0.2, 0.25) is 0 Å². The van der Waals surface area contributed by atoms with E-state index in [1.54, 1.807) is 0 Å². The van der Waals surface area contributed by atoms with Gasteiger partial charge in [0.25, 0.3) is 0 Å². The maximum absolute atomic E-state index is 4.20. The van der Waals surface area contributed by atoms with Crippen LogP contribution in [0, 0.1) is 13.8 Å². The van der Waals surface area contributed by atoms with Gasteiger partial charge in [0, 0.05) is 49.1 Å². The highest BCUT2D eigenvalue weighted by molar-refractivity contribution is 5.85. The van der Waals surface area contributed by atoms with E-state index in [1.807, 2.05) is 12.4 Å². The molecule has 0 spiro atoms. The molecule has 3 nitrogen and oxygen atoms in total. The Hall–Kier alpha value is -2.13. The number of nitrogens with zero attached hydrogens (tertiary/aromatic N) is 2. The maximum Gasteiger partial charge on any atom is 0.0483 e. The van der Waals surface area contributed by atoms with E-state index in [9.17, 15) is 0 Å². The summed E-state index contributed by atoms with van der Waals surface area (Å²) in [5.74, 6) is 0. The van der Waals surface area contributed by atoms with Crippen LogP contribution in [0.4, 0.5) is 0 Å². The molecule has 1 N–H and O–H groups in total. The second-order valence-corrected chi connectivity index (χ2v) is 5.55. The lowest BCUT2D eigenvalue weighted by atomic mass is 10.1. The van der Waals surface area contributed by atoms with Crippen molar-refractivity contribution in [2.75, 3.05) is 0 Å². The standard InChI is InChI=1S/C18H21N3/c1-13-8-9-19-10-15(13)11-20-12-18-14(2)16-6-4-5-7-17(16)21(18)3/h4-10,20H,11-12H2,1-3H3. The number of rotatable bonds is 4. The fourth-order valence-corrected chi connectivity index (χ4v) is 2.88. The molecule has 2 aromatic heterocycles. The SMILES string of the molecule is Cc1ccncc1CNCc1c(C)c2ccccc2n1C. The number of benzene rings is 1. The van der Waals surface area contributed by atoms with Gasteiger partial charge in [-0.25, -0.2) is 0 Å². The molecule has 3 heteroatoms. The van der Waals surface area contributed by atoms with Crippen LogP contribution >= 0.6 is 0 Å². The van der Waals surface area contributed by atoms with Gasteiger partial charge < -0.3 is 9.88 Å². The molecule has 0 unspecified atom stereocenters. The minimum atomic E-state index is 0.848. The average Bonchev–Trinajstić information content (AvgIpc) is 2.74. The minimum absolute atomic E-state index is 0.848. The van der Waals surface area contributed by atoms with E-state index in [0.717, 1.165) is 13.1 Å². The van der Waals surface area contributed by atoms with Crippen LogP contribution in [0.1, 0.15) is 22.4 Å². The summed E-state index contributed by atoms with van der Waals surface area (Å²) >= 11 is 0. The summed E-state index contributed by atoms with van der Waals surface area (Å²) in [5.41, 5.74) is 6.55. The van der Waals surface area contributed by atoms with Crippen LogP contribution in [0.2, 0.25) is 0 Å². The lowest BCUT2D eigenvalue weighted by molar-refractivity contribution is 0.653. The predicted molar refractivity (Wildman–Crippen MR) is 87.2 cm³/mol. The quantitative estimate of drug-likeness (QED) is 0.792. The fraction of sp³-hybridized carbons (Fsp3) is 0.278. The number of nitrogens with one attached hydrogen (secondary N) is 1. The van der Waals surface area contributed by atoms with Crippen molar-refractivity contribution in [3.63, 3.8) is 0 Å². The number of hydrogen-bond acceptors (Lipinski definition) is 2. The predicted octanol–water partition coefficient (Wildman–Crippen LogP) is 3.48. The number of pyridine rings is 1. The van der Waals surface area contributed by atoms with Crippen LogP contribution in [0.3, 0.4) is 0 Å². The highest BCUT2D eigenvalue weighted by atomic mass is 15.0. The van der Waals surface area contributed by atoms with E-state index in [-0.39, 0.29) is 0 Å². The minimum Gasteiger partial charge on any atom is -0.346 e. The molecule has 21 heavy (non-hydrogen) atoms. The maximum atomic E-state index is 4.20. The summed E-state index contributed by atoms with van der Waals surface area (Å²) < 4.78 is 2.29. The first kappa shape index (κ1) is 13.8. The van der Waals surface area contributed by atoms with E-state index in [4.69, 9.17) is 0 Å². The van der Waals surface area contributed by atoms with Crippen LogP contribution in [-0.4, -0.2) is 9.55 Å². The summed E-state index contributed by atoms with van der Waals surface area (Å²) in [6, 6.07) is 10.6. The van der Waals surface area contributed by atoms with Crippen molar-refractivity contribution in [1.82, 2.24) is 14.9 Å². The summed E-state index contributed by atoms with van der Waals surface area (Å²) in [5, 5.41) is 4.88. The Morgan fingerprint density at radius 3 is 2.67 bits per heavy atom.